The van der Waals surface area contributed by atoms with Gasteiger partial charge in [-0.3, -0.25) is 19.8 Å². The zero-order valence-electron chi connectivity index (χ0n) is 19.0. The van der Waals surface area contributed by atoms with Crippen molar-refractivity contribution in [3.8, 4) is 0 Å². The van der Waals surface area contributed by atoms with Crippen molar-refractivity contribution >= 4 is 69.6 Å². The van der Waals surface area contributed by atoms with E-state index in [1.807, 2.05) is 84.9 Å². The second-order valence-electron chi connectivity index (χ2n) is 8.03. The number of nitrogens with one attached hydrogen (secondary N) is 1. The molecule has 4 aromatic rings. The van der Waals surface area contributed by atoms with Crippen molar-refractivity contribution in [3.05, 3.63) is 125 Å². The molecule has 0 bridgehead atoms. The zero-order valence-corrected chi connectivity index (χ0v) is 20.5. The number of benzene rings is 4. The summed E-state index contributed by atoms with van der Waals surface area (Å²) < 4.78 is 0. The third-order valence-electron chi connectivity index (χ3n) is 5.68. The SMILES string of the molecule is O=C1NC(=S)N(c2ccc(Cl)cc2)C(=O)C1=Cc1ccc(N(c2ccccc2)c2ccccc2)cc1. The smallest absolute Gasteiger partial charge is 0.270 e. The highest BCUT2D eigenvalue weighted by Crippen LogP contribution is 2.34. The molecule has 1 fully saturated rings. The number of hydrogen-bond acceptors (Lipinski definition) is 4. The van der Waals surface area contributed by atoms with Gasteiger partial charge in [0.1, 0.15) is 5.57 Å². The van der Waals surface area contributed by atoms with Crippen LogP contribution >= 0.6 is 23.8 Å². The topological polar surface area (TPSA) is 52.7 Å². The van der Waals surface area contributed by atoms with E-state index >= 15 is 0 Å². The number of halogens is 1. The van der Waals surface area contributed by atoms with Crippen molar-refractivity contribution in [1.29, 1.82) is 0 Å². The Hall–Kier alpha value is -4.26. The lowest BCUT2D eigenvalue weighted by Crippen LogP contribution is -2.54. The highest BCUT2D eigenvalue weighted by Gasteiger charge is 2.34. The average Bonchev–Trinajstić information content (AvgIpc) is 2.90. The Morgan fingerprint density at radius 1 is 0.722 bits per heavy atom. The van der Waals surface area contributed by atoms with E-state index in [1.165, 1.54) is 4.90 Å². The van der Waals surface area contributed by atoms with Crippen molar-refractivity contribution in [2.75, 3.05) is 9.80 Å². The lowest BCUT2D eigenvalue weighted by molar-refractivity contribution is -0.122. The van der Waals surface area contributed by atoms with Gasteiger partial charge in [0, 0.05) is 22.1 Å². The van der Waals surface area contributed by atoms with Crippen LogP contribution in [0.5, 0.6) is 0 Å². The summed E-state index contributed by atoms with van der Waals surface area (Å²) in [6.07, 6.45) is 1.57. The van der Waals surface area contributed by atoms with E-state index in [9.17, 15) is 9.59 Å². The van der Waals surface area contributed by atoms with Crippen molar-refractivity contribution in [1.82, 2.24) is 5.32 Å². The van der Waals surface area contributed by atoms with Gasteiger partial charge in [-0.1, -0.05) is 60.1 Å². The molecule has 1 N–H and O–H groups in total. The van der Waals surface area contributed by atoms with E-state index in [0.29, 0.717) is 16.3 Å². The monoisotopic (exact) mass is 509 g/mol. The average molecular weight is 510 g/mol. The number of nitrogens with zero attached hydrogens (tertiary/aromatic N) is 2. The first-order valence-corrected chi connectivity index (χ1v) is 12.0. The van der Waals surface area contributed by atoms with Gasteiger partial charge in [-0.05, 0) is 84.5 Å². The minimum atomic E-state index is -0.533. The fourth-order valence-electron chi connectivity index (χ4n) is 3.97. The van der Waals surface area contributed by atoms with Crippen LogP contribution < -0.4 is 15.1 Å². The third-order valence-corrected chi connectivity index (χ3v) is 6.21. The van der Waals surface area contributed by atoms with Crippen LogP contribution in [0.15, 0.2) is 115 Å². The predicted octanol–water partition coefficient (Wildman–Crippen LogP) is 6.64. The molecular weight excluding hydrogens is 490 g/mol. The largest absolute Gasteiger partial charge is 0.311 e. The summed E-state index contributed by atoms with van der Waals surface area (Å²) in [5.74, 6) is -1.03. The van der Waals surface area contributed by atoms with Crippen LogP contribution in [-0.2, 0) is 9.59 Å². The molecule has 1 aliphatic rings. The molecule has 0 saturated carbocycles. The molecule has 0 aliphatic carbocycles. The Bertz CT molecular complexity index is 1410. The van der Waals surface area contributed by atoms with Gasteiger partial charge in [0.25, 0.3) is 11.8 Å². The molecule has 0 spiro atoms. The van der Waals surface area contributed by atoms with Gasteiger partial charge < -0.3 is 4.90 Å². The minimum absolute atomic E-state index is 0.00530. The molecule has 1 heterocycles. The molecule has 1 saturated heterocycles. The highest BCUT2D eigenvalue weighted by atomic mass is 35.5. The number of hydrogen-bond donors (Lipinski definition) is 1. The lowest BCUT2D eigenvalue weighted by atomic mass is 10.1. The molecule has 36 heavy (non-hydrogen) atoms. The zero-order chi connectivity index (χ0) is 25.1. The van der Waals surface area contributed by atoms with Crippen LogP contribution in [0, 0.1) is 0 Å². The first kappa shape index (κ1) is 23.5. The molecule has 1 aliphatic heterocycles. The Labute approximate surface area is 219 Å². The number of para-hydroxylation sites is 2. The number of rotatable bonds is 5. The Kier molecular flexibility index (Phi) is 6.62. The molecule has 2 amide bonds. The van der Waals surface area contributed by atoms with Crippen molar-refractivity contribution in [2.24, 2.45) is 0 Å². The molecule has 0 atom stereocenters. The lowest BCUT2D eigenvalue weighted by Gasteiger charge is -2.29. The van der Waals surface area contributed by atoms with E-state index in [1.54, 1.807) is 30.3 Å². The highest BCUT2D eigenvalue weighted by molar-refractivity contribution is 7.80. The van der Waals surface area contributed by atoms with Crippen LogP contribution in [0.3, 0.4) is 0 Å². The Morgan fingerprint density at radius 3 is 1.81 bits per heavy atom. The maximum atomic E-state index is 13.2. The summed E-state index contributed by atoms with van der Waals surface area (Å²) in [5, 5.41) is 3.17. The molecule has 176 valence electrons. The fourth-order valence-corrected chi connectivity index (χ4v) is 4.38. The van der Waals surface area contributed by atoms with Gasteiger partial charge in [0.05, 0.1) is 5.69 Å². The first-order chi connectivity index (χ1) is 17.5. The van der Waals surface area contributed by atoms with Gasteiger partial charge in [-0.2, -0.15) is 0 Å². The number of amides is 2. The van der Waals surface area contributed by atoms with Crippen molar-refractivity contribution < 1.29 is 9.59 Å². The Morgan fingerprint density at radius 2 is 1.25 bits per heavy atom. The van der Waals surface area contributed by atoms with Crippen LogP contribution in [0.4, 0.5) is 22.7 Å². The molecule has 0 unspecified atom stereocenters. The fraction of sp³-hybridized carbons (Fsp3) is 0. The third kappa shape index (κ3) is 4.77. The molecule has 4 aromatic carbocycles. The van der Waals surface area contributed by atoms with E-state index < -0.39 is 11.8 Å². The predicted molar refractivity (Wildman–Crippen MR) is 149 cm³/mol. The molecule has 5 nitrogen and oxygen atoms in total. The van der Waals surface area contributed by atoms with E-state index in [2.05, 4.69) is 10.2 Å². The second-order valence-corrected chi connectivity index (χ2v) is 8.86. The van der Waals surface area contributed by atoms with Crippen LogP contribution in [-0.4, -0.2) is 16.9 Å². The molecule has 0 aromatic heterocycles. The Balaban J connectivity index is 1.47. The van der Waals surface area contributed by atoms with E-state index in [4.69, 9.17) is 23.8 Å². The summed E-state index contributed by atoms with van der Waals surface area (Å²) >= 11 is 11.2. The minimum Gasteiger partial charge on any atom is -0.311 e. The first-order valence-electron chi connectivity index (χ1n) is 11.2. The maximum absolute atomic E-state index is 13.2. The van der Waals surface area contributed by atoms with Gasteiger partial charge in [-0.15, -0.1) is 0 Å². The van der Waals surface area contributed by atoms with E-state index in [0.717, 1.165) is 17.1 Å². The van der Waals surface area contributed by atoms with Gasteiger partial charge in [0.2, 0.25) is 0 Å². The summed E-state index contributed by atoms with van der Waals surface area (Å²) in [7, 11) is 0. The van der Waals surface area contributed by atoms with Gasteiger partial charge in [-0.25, -0.2) is 0 Å². The number of anilines is 4. The van der Waals surface area contributed by atoms with Crippen molar-refractivity contribution in [3.63, 3.8) is 0 Å². The standard InChI is InChI=1S/C29H20ClN3O2S/c30-21-13-17-25(18-14-21)33-28(35)26(27(34)31-29(33)36)19-20-11-15-24(16-12-20)32(22-7-3-1-4-8-22)23-9-5-2-6-10-23/h1-19H,(H,31,34,36). The summed E-state index contributed by atoms with van der Waals surface area (Å²) in [5.41, 5.74) is 4.21. The molecule has 5 rings (SSSR count). The second kappa shape index (κ2) is 10.2. The molecule has 7 heteroatoms. The summed E-state index contributed by atoms with van der Waals surface area (Å²) in [6, 6.07) is 34.5. The normalized spacial score (nSPS) is 14.6. The molecule has 0 radical (unpaired) electrons. The van der Waals surface area contributed by atoms with Crippen LogP contribution in [0.25, 0.3) is 6.08 Å². The summed E-state index contributed by atoms with van der Waals surface area (Å²) in [4.78, 5) is 29.3. The van der Waals surface area contributed by atoms with Crippen LogP contribution in [0.1, 0.15) is 5.56 Å². The number of carbonyl (C=O) groups excluding carboxylic acids is 2. The summed E-state index contributed by atoms with van der Waals surface area (Å²) in [6.45, 7) is 0. The number of carbonyl (C=O) groups is 2. The van der Waals surface area contributed by atoms with Gasteiger partial charge in [0.15, 0.2) is 5.11 Å². The number of thiocarbonyl (C=S) groups is 1. The molecular formula is C29H20ClN3O2S. The van der Waals surface area contributed by atoms with Gasteiger partial charge >= 0.3 is 0 Å². The van der Waals surface area contributed by atoms with E-state index in [-0.39, 0.29) is 10.7 Å². The quantitative estimate of drug-likeness (QED) is 0.186. The van der Waals surface area contributed by atoms with Crippen molar-refractivity contribution in [2.45, 2.75) is 0 Å². The maximum Gasteiger partial charge on any atom is 0.270 e. The van der Waals surface area contributed by atoms with Crippen LogP contribution in [0.2, 0.25) is 5.02 Å².